The molecular formula is C11H15N5O2S. The number of imidazole rings is 1. The Morgan fingerprint density at radius 2 is 2.26 bits per heavy atom. The molecular weight excluding hydrogens is 266 g/mol. The fourth-order valence-corrected chi connectivity index (χ4v) is 3.14. The quantitative estimate of drug-likeness (QED) is 0.868. The summed E-state index contributed by atoms with van der Waals surface area (Å²) in [5.41, 5.74) is 0.787. The minimum atomic E-state index is -3.10. The predicted octanol–water partition coefficient (Wildman–Crippen LogP) is 0.175. The van der Waals surface area contributed by atoms with E-state index in [-0.39, 0.29) is 6.04 Å². The third-order valence-electron chi connectivity index (χ3n) is 3.23. The van der Waals surface area contributed by atoms with Crippen molar-refractivity contribution in [3.8, 4) is 0 Å². The van der Waals surface area contributed by atoms with Crippen molar-refractivity contribution in [2.45, 2.75) is 12.5 Å². The summed E-state index contributed by atoms with van der Waals surface area (Å²) in [7, 11) is -3.10. The first-order chi connectivity index (χ1) is 9.02. The summed E-state index contributed by atoms with van der Waals surface area (Å²) in [6.45, 7) is 1.05. The number of hydrogen-bond acceptors (Lipinski definition) is 5. The van der Waals surface area contributed by atoms with Gasteiger partial charge in [-0.15, -0.1) is 5.10 Å². The number of fused-ring (bicyclic) bond motifs is 1. The van der Waals surface area contributed by atoms with Crippen molar-refractivity contribution < 1.29 is 8.42 Å². The Labute approximate surface area is 111 Å². The van der Waals surface area contributed by atoms with Gasteiger partial charge in [0.15, 0.2) is 5.65 Å². The fraction of sp³-hybridized carbons (Fsp3) is 0.455. The lowest BCUT2D eigenvalue weighted by molar-refractivity contribution is 0.480. The van der Waals surface area contributed by atoms with E-state index in [1.807, 2.05) is 12.1 Å². The molecule has 102 valence electrons. The highest BCUT2D eigenvalue weighted by Gasteiger charge is 2.28. The molecule has 0 aliphatic carbocycles. The van der Waals surface area contributed by atoms with E-state index in [2.05, 4.69) is 15.4 Å². The zero-order valence-corrected chi connectivity index (χ0v) is 11.3. The molecule has 8 heteroatoms. The highest BCUT2D eigenvalue weighted by Crippen LogP contribution is 2.16. The van der Waals surface area contributed by atoms with Gasteiger partial charge < -0.3 is 5.32 Å². The molecule has 1 unspecified atom stereocenters. The van der Waals surface area contributed by atoms with E-state index in [4.69, 9.17) is 0 Å². The van der Waals surface area contributed by atoms with Gasteiger partial charge >= 0.3 is 0 Å². The third-order valence-corrected chi connectivity index (χ3v) is 4.50. The fourth-order valence-electron chi connectivity index (χ4n) is 2.25. The molecule has 0 amide bonds. The molecule has 2 aromatic heterocycles. The molecule has 2 aromatic rings. The average molecular weight is 281 g/mol. The first kappa shape index (κ1) is 12.4. The van der Waals surface area contributed by atoms with E-state index >= 15 is 0 Å². The Balaban J connectivity index is 1.72. The average Bonchev–Trinajstić information content (AvgIpc) is 2.95. The van der Waals surface area contributed by atoms with E-state index in [9.17, 15) is 8.42 Å². The zero-order chi connectivity index (χ0) is 13.5. The number of hydrogen-bond donors (Lipinski definition) is 1. The summed E-state index contributed by atoms with van der Waals surface area (Å²) in [4.78, 5) is 4.12. The van der Waals surface area contributed by atoms with E-state index < -0.39 is 10.0 Å². The number of nitrogens with one attached hydrogen (secondary N) is 1. The van der Waals surface area contributed by atoms with Crippen molar-refractivity contribution in [3.05, 3.63) is 24.5 Å². The summed E-state index contributed by atoms with van der Waals surface area (Å²) >= 11 is 0. The second kappa shape index (κ2) is 4.46. The van der Waals surface area contributed by atoms with Crippen LogP contribution < -0.4 is 5.32 Å². The number of anilines is 1. The molecule has 7 nitrogen and oxygen atoms in total. The maximum atomic E-state index is 11.4. The lowest BCUT2D eigenvalue weighted by atomic mass is 10.2. The van der Waals surface area contributed by atoms with Crippen LogP contribution in [0.5, 0.6) is 0 Å². The SMILES string of the molecule is CS(=O)(=O)N1CCC(Nc2ccc3nccn3n2)C1. The Morgan fingerprint density at radius 3 is 3.00 bits per heavy atom. The van der Waals surface area contributed by atoms with Gasteiger partial charge in [-0.05, 0) is 18.6 Å². The lowest BCUT2D eigenvalue weighted by Crippen LogP contribution is -2.30. The molecule has 0 bridgehead atoms. The smallest absolute Gasteiger partial charge is 0.211 e. The highest BCUT2D eigenvalue weighted by atomic mass is 32.2. The molecule has 0 saturated carbocycles. The minimum Gasteiger partial charge on any atom is -0.365 e. The van der Waals surface area contributed by atoms with Crippen molar-refractivity contribution in [1.82, 2.24) is 18.9 Å². The van der Waals surface area contributed by atoms with Gasteiger partial charge in [-0.25, -0.2) is 22.2 Å². The van der Waals surface area contributed by atoms with Crippen LogP contribution in [-0.4, -0.2) is 52.7 Å². The molecule has 1 saturated heterocycles. The second-order valence-electron chi connectivity index (χ2n) is 4.70. The molecule has 0 spiro atoms. The first-order valence-electron chi connectivity index (χ1n) is 6.04. The molecule has 1 N–H and O–H groups in total. The molecule has 1 aliphatic heterocycles. The van der Waals surface area contributed by atoms with Crippen molar-refractivity contribution in [2.75, 3.05) is 24.7 Å². The third kappa shape index (κ3) is 2.54. The zero-order valence-electron chi connectivity index (χ0n) is 10.5. The van der Waals surface area contributed by atoms with Crippen LogP contribution in [0.15, 0.2) is 24.5 Å². The van der Waals surface area contributed by atoms with Crippen molar-refractivity contribution in [1.29, 1.82) is 0 Å². The number of sulfonamides is 1. The topological polar surface area (TPSA) is 79.6 Å². The molecule has 0 aromatic carbocycles. The Kier molecular flexibility index (Phi) is 2.90. The van der Waals surface area contributed by atoms with Gasteiger partial charge in [-0.3, -0.25) is 0 Å². The molecule has 19 heavy (non-hydrogen) atoms. The van der Waals surface area contributed by atoms with Gasteiger partial charge in [0.1, 0.15) is 5.82 Å². The number of aromatic nitrogens is 3. The standard InChI is InChI=1S/C11H15N5O2S/c1-19(17,18)15-6-4-9(8-15)13-10-2-3-11-12-5-7-16(11)14-10/h2-3,5,7,9H,4,6,8H2,1H3,(H,13,14). The van der Waals surface area contributed by atoms with Gasteiger partial charge in [0.05, 0.1) is 6.26 Å². The number of rotatable bonds is 3. The first-order valence-corrected chi connectivity index (χ1v) is 7.89. The van der Waals surface area contributed by atoms with Gasteiger partial charge in [-0.2, -0.15) is 0 Å². The van der Waals surface area contributed by atoms with Crippen LogP contribution >= 0.6 is 0 Å². The van der Waals surface area contributed by atoms with E-state index in [0.717, 1.165) is 17.9 Å². The maximum Gasteiger partial charge on any atom is 0.211 e. The number of nitrogens with zero attached hydrogens (tertiary/aromatic N) is 4. The molecule has 3 heterocycles. The van der Waals surface area contributed by atoms with E-state index in [1.54, 1.807) is 16.9 Å². The van der Waals surface area contributed by atoms with Crippen LogP contribution in [-0.2, 0) is 10.0 Å². The van der Waals surface area contributed by atoms with Crippen LogP contribution in [0.3, 0.4) is 0 Å². The molecule has 3 rings (SSSR count). The molecule has 1 atom stereocenters. The van der Waals surface area contributed by atoms with Crippen LogP contribution in [0, 0.1) is 0 Å². The summed E-state index contributed by atoms with van der Waals surface area (Å²) in [5, 5.41) is 7.62. The predicted molar refractivity (Wildman–Crippen MR) is 71.4 cm³/mol. The summed E-state index contributed by atoms with van der Waals surface area (Å²) in [6, 6.07) is 3.83. The van der Waals surface area contributed by atoms with E-state index in [0.29, 0.717) is 13.1 Å². The minimum absolute atomic E-state index is 0.100. The van der Waals surface area contributed by atoms with Gasteiger partial charge in [-0.1, -0.05) is 0 Å². The van der Waals surface area contributed by atoms with Crippen molar-refractivity contribution >= 4 is 21.5 Å². The van der Waals surface area contributed by atoms with Crippen LogP contribution in [0.2, 0.25) is 0 Å². The summed E-state index contributed by atoms with van der Waals surface area (Å²) in [6.07, 6.45) is 5.49. The maximum absolute atomic E-state index is 11.4. The van der Waals surface area contributed by atoms with Crippen molar-refractivity contribution in [2.24, 2.45) is 0 Å². The van der Waals surface area contributed by atoms with E-state index in [1.165, 1.54) is 10.6 Å². The normalized spacial score (nSPS) is 21.0. The summed E-state index contributed by atoms with van der Waals surface area (Å²) < 4.78 is 26.1. The van der Waals surface area contributed by atoms with Crippen molar-refractivity contribution in [3.63, 3.8) is 0 Å². The highest BCUT2D eigenvalue weighted by molar-refractivity contribution is 7.88. The van der Waals surface area contributed by atoms with Gasteiger partial charge in [0.25, 0.3) is 0 Å². The Bertz CT molecular complexity index is 696. The summed E-state index contributed by atoms with van der Waals surface area (Å²) in [5.74, 6) is 0.728. The molecule has 0 radical (unpaired) electrons. The van der Waals surface area contributed by atoms with Crippen LogP contribution in [0.1, 0.15) is 6.42 Å². The molecule has 1 fully saturated rings. The van der Waals surface area contributed by atoms with Gasteiger partial charge in [0, 0.05) is 31.5 Å². The Hall–Kier alpha value is -1.67. The van der Waals surface area contributed by atoms with Crippen LogP contribution in [0.4, 0.5) is 5.82 Å². The Morgan fingerprint density at radius 1 is 1.42 bits per heavy atom. The lowest BCUT2D eigenvalue weighted by Gasteiger charge is -2.14. The molecule has 1 aliphatic rings. The van der Waals surface area contributed by atoms with Gasteiger partial charge in [0.2, 0.25) is 10.0 Å². The van der Waals surface area contributed by atoms with Crippen LogP contribution in [0.25, 0.3) is 5.65 Å². The largest absolute Gasteiger partial charge is 0.365 e. The second-order valence-corrected chi connectivity index (χ2v) is 6.68. The monoisotopic (exact) mass is 281 g/mol.